The van der Waals surface area contributed by atoms with Crippen molar-refractivity contribution in [3.05, 3.63) is 56.7 Å². The molecule has 8 nitrogen and oxygen atoms in total. The second-order valence-corrected chi connectivity index (χ2v) is 8.35. The van der Waals surface area contributed by atoms with Crippen molar-refractivity contribution in [3.63, 3.8) is 0 Å². The van der Waals surface area contributed by atoms with Crippen molar-refractivity contribution in [3.8, 4) is 11.3 Å². The summed E-state index contributed by atoms with van der Waals surface area (Å²) in [6.45, 7) is 3.59. The van der Waals surface area contributed by atoms with Gasteiger partial charge in [-0.2, -0.15) is 0 Å². The van der Waals surface area contributed by atoms with E-state index in [-0.39, 0.29) is 27.1 Å². The lowest BCUT2D eigenvalue weighted by Gasteiger charge is -2.22. The average Bonchev–Trinajstić information content (AvgIpc) is 3.25. The third kappa shape index (κ3) is 4.29. The van der Waals surface area contributed by atoms with Gasteiger partial charge in [-0.1, -0.05) is 43.4 Å². The summed E-state index contributed by atoms with van der Waals surface area (Å²) < 4.78 is 5.89. The Hall–Kier alpha value is -2.98. The molecule has 2 aromatic rings. The van der Waals surface area contributed by atoms with Crippen molar-refractivity contribution in [1.82, 2.24) is 4.90 Å². The molecule has 3 rings (SSSR count). The van der Waals surface area contributed by atoms with Crippen molar-refractivity contribution >= 4 is 51.9 Å². The fraction of sp³-hybridized carbons (Fsp3) is 0.250. The first-order valence-electron chi connectivity index (χ1n) is 9.08. The lowest BCUT2D eigenvalue weighted by molar-refractivity contribution is -0.384. The molecule has 1 amide bonds. The molecular weight excluding hydrogens is 428 g/mol. The minimum atomic E-state index is -1.11. The van der Waals surface area contributed by atoms with Crippen LogP contribution in [0, 0.1) is 17.0 Å². The largest absolute Gasteiger partial charge is 0.480 e. The SMILES string of the molecule is CCCC(C(=O)O)N1C(=O)/C(=C/c2ccc(-c3ccc(C)cc3[N+](=O)[O-])o2)SC1=S. The van der Waals surface area contributed by atoms with Gasteiger partial charge in [0.2, 0.25) is 0 Å². The van der Waals surface area contributed by atoms with E-state index in [1.165, 1.54) is 12.1 Å². The van der Waals surface area contributed by atoms with Gasteiger partial charge < -0.3 is 9.52 Å². The van der Waals surface area contributed by atoms with Crippen LogP contribution in [0.5, 0.6) is 0 Å². The van der Waals surface area contributed by atoms with E-state index in [9.17, 15) is 24.8 Å². The molecule has 1 unspecified atom stereocenters. The zero-order chi connectivity index (χ0) is 22.0. The van der Waals surface area contributed by atoms with Crippen molar-refractivity contribution < 1.29 is 24.0 Å². The molecule has 10 heteroatoms. The second-order valence-electron chi connectivity index (χ2n) is 6.67. The Labute approximate surface area is 181 Å². The van der Waals surface area contributed by atoms with E-state index in [0.29, 0.717) is 17.7 Å². The molecule has 1 aromatic heterocycles. The van der Waals surface area contributed by atoms with Crippen LogP contribution < -0.4 is 0 Å². The number of thiocarbonyl (C=S) groups is 1. The Morgan fingerprint density at radius 1 is 1.40 bits per heavy atom. The van der Waals surface area contributed by atoms with Crippen LogP contribution in [-0.2, 0) is 9.59 Å². The summed E-state index contributed by atoms with van der Waals surface area (Å²) in [5.74, 6) is -1.01. The highest BCUT2D eigenvalue weighted by Gasteiger charge is 2.40. The number of carboxylic acid groups (broad SMARTS) is 1. The van der Waals surface area contributed by atoms with Gasteiger partial charge in [0, 0.05) is 12.1 Å². The number of carbonyl (C=O) groups excluding carboxylic acids is 1. The van der Waals surface area contributed by atoms with Gasteiger partial charge in [-0.05, 0) is 37.1 Å². The van der Waals surface area contributed by atoms with E-state index in [2.05, 4.69) is 0 Å². The third-order valence-corrected chi connectivity index (χ3v) is 5.83. The first-order chi connectivity index (χ1) is 14.2. The number of carboxylic acids is 1. The number of hydrogen-bond donors (Lipinski definition) is 1. The van der Waals surface area contributed by atoms with E-state index in [1.54, 1.807) is 31.2 Å². The Kier molecular flexibility index (Phi) is 6.37. The monoisotopic (exact) mass is 446 g/mol. The van der Waals surface area contributed by atoms with Crippen LogP contribution in [0.3, 0.4) is 0 Å². The smallest absolute Gasteiger partial charge is 0.326 e. The number of carbonyl (C=O) groups is 2. The van der Waals surface area contributed by atoms with Crippen molar-refractivity contribution in [2.24, 2.45) is 0 Å². The zero-order valence-corrected chi connectivity index (χ0v) is 17.8. The van der Waals surface area contributed by atoms with Gasteiger partial charge in [-0.15, -0.1) is 0 Å². The molecule has 0 aliphatic carbocycles. The number of aliphatic carboxylic acids is 1. The van der Waals surface area contributed by atoms with E-state index < -0.39 is 22.8 Å². The maximum Gasteiger partial charge on any atom is 0.326 e. The van der Waals surface area contributed by atoms with Crippen LogP contribution in [-0.4, -0.2) is 37.2 Å². The summed E-state index contributed by atoms with van der Waals surface area (Å²) in [5.41, 5.74) is 0.999. The number of amides is 1. The summed E-state index contributed by atoms with van der Waals surface area (Å²) in [4.78, 5) is 36.5. The molecule has 0 saturated carbocycles. The molecule has 30 heavy (non-hydrogen) atoms. The van der Waals surface area contributed by atoms with Crippen molar-refractivity contribution in [2.75, 3.05) is 0 Å². The van der Waals surface area contributed by atoms with Crippen LogP contribution >= 0.6 is 24.0 Å². The third-order valence-electron chi connectivity index (χ3n) is 4.50. The standard InChI is InChI=1S/C20H18N2O6S2/c1-3-4-14(19(24)25)21-18(23)17(30-20(21)29)10-12-6-8-16(28-12)13-7-5-11(2)9-15(13)22(26)27/h5-10,14H,3-4H2,1-2H3,(H,24,25)/b17-10-. The number of furan rings is 1. The molecule has 1 aromatic carbocycles. The van der Waals surface area contributed by atoms with Crippen molar-refractivity contribution in [1.29, 1.82) is 0 Å². The second kappa shape index (κ2) is 8.80. The predicted octanol–water partition coefficient (Wildman–Crippen LogP) is 4.62. The maximum atomic E-state index is 12.8. The summed E-state index contributed by atoms with van der Waals surface area (Å²) in [5, 5.41) is 20.8. The summed E-state index contributed by atoms with van der Waals surface area (Å²) in [6.07, 6.45) is 2.34. The van der Waals surface area contributed by atoms with Crippen LogP contribution in [0.15, 0.2) is 39.7 Å². The molecule has 2 heterocycles. The van der Waals surface area contributed by atoms with Gasteiger partial charge in [-0.25, -0.2) is 4.79 Å². The highest BCUT2D eigenvalue weighted by Crippen LogP contribution is 2.37. The molecule has 0 radical (unpaired) electrons. The van der Waals surface area contributed by atoms with Gasteiger partial charge in [0.05, 0.1) is 15.4 Å². The van der Waals surface area contributed by atoms with E-state index in [1.807, 2.05) is 6.92 Å². The summed E-state index contributed by atoms with van der Waals surface area (Å²) in [6, 6.07) is 6.97. The van der Waals surface area contributed by atoms with Crippen LogP contribution in [0.25, 0.3) is 17.4 Å². The van der Waals surface area contributed by atoms with Crippen LogP contribution in [0.1, 0.15) is 31.1 Å². The first-order valence-corrected chi connectivity index (χ1v) is 10.3. The fourth-order valence-electron chi connectivity index (χ4n) is 3.09. The Morgan fingerprint density at radius 2 is 2.13 bits per heavy atom. The lowest BCUT2D eigenvalue weighted by Crippen LogP contribution is -2.43. The number of rotatable bonds is 7. The molecule has 1 aliphatic rings. The number of thioether (sulfide) groups is 1. The minimum absolute atomic E-state index is 0.0777. The number of nitro benzene ring substituents is 1. The molecular formula is C20H18N2O6S2. The van der Waals surface area contributed by atoms with Crippen molar-refractivity contribution in [2.45, 2.75) is 32.7 Å². The molecule has 1 saturated heterocycles. The van der Waals surface area contributed by atoms with Gasteiger partial charge >= 0.3 is 5.97 Å². The Morgan fingerprint density at radius 3 is 2.77 bits per heavy atom. The van der Waals surface area contributed by atoms with Gasteiger partial charge in [0.25, 0.3) is 11.6 Å². The number of hydrogen-bond acceptors (Lipinski definition) is 7. The van der Waals surface area contributed by atoms with E-state index in [0.717, 1.165) is 22.2 Å². The van der Waals surface area contributed by atoms with Gasteiger partial charge in [-0.3, -0.25) is 19.8 Å². The molecule has 0 spiro atoms. The summed E-state index contributed by atoms with van der Waals surface area (Å²) >= 11 is 6.22. The molecule has 156 valence electrons. The molecule has 1 fully saturated rings. The highest BCUT2D eigenvalue weighted by molar-refractivity contribution is 8.26. The average molecular weight is 447 g/mol. The minimum Gasteiger partial charge on any atom is -0.480 e. The Bertz CT molecular complexity index is 1070. The number of nitro groups is 1. The van der Waals surface area contributed by atoms with Gasteiger partial charge in [0.1, 0.15) is 21.9 Å². The highest BCUT2D eigenvalue weighted by atomic mass is 32.2. The normalized spacial score (nSPS) is 16.3. The topological polar surface area (TPSA) is 114 Å². The molecule has 1 atom stereocenters. The number of aryl methyl sites for hydroxylation is 1. The lowest BCUT2D eigenvalue weighted by atomic mass is 10.1. The van der Waals surface area contributed by atoms with Crippen LogP contribution in [0.4, 0.5) is 5.69 Å². The van der Waals surface area contributed by atoms with E-state index >= 15 is 0 Å². The molecule has 0 bridgehead atoms. The first kappa shape index (κ1) is 21.7. The maximum absolute atomic E-state index is 12.8. The summed E-state index contributed by atoms with van der Waals surface area (Å²) in [7, 11) is 0. The predicted molar refractivity (Wildman–Crippen MR) is 117 cm³/mol. The van der Waals surface area contributed by atoms with E-state index in [4.69, 9.17) is 16.6 Å². The molecule has 1 N–H and O–H groups in total. The Balaban J connectivity index is 1.91. The van der Waals surface area contributed by atoms with Gasteiger partial charge in [0.15, 0.2) is 0 Å². The fourth-order valence-corrected chi connectivity index (χ4v) is 4.43. The quantitative estimate of drug-likeness (QED) is 0.284. The number of nitrogens with zero attached hydrogens (tertiary/aromatic N) is 2. The number of benzene rings is 1. The van der Waals surface area contributed by atoms with Crippen LogP contribution in [0.2, 0.25) is 0 Å². The molecule has 1 aliphatic heterocycles. The zero-order valence-electron chi connectivity index (χ0n) is 16.2.